The van der Waals surface area contributed by atoms with Crippen LogP contribution < -0.4 is 45.7 Å². The molecule has 2 aliphatic rings. The molecule has 23 heteroatoms. The third kappa shape index (κ3) is 7.64. The predicted octanol–water partition coefficient (Wildman–Crippen LogP) is -8.28. The number of aromatic amines is 1. The Morgan fingerprint density at radius 1 is 1.03 bits per heavy atom. The number of rotatable bonds is 9. The normalized spacial score (nSPS) is 36.7. The Bertz CT molecular complexity index is 1180. The van der Waals surface area contributed by atoms with Gasteiger partial charge in [-0.1, -0.05) is 0 Å². The maximum absolute atomic E-state index is 13.5. The van der Waals surface area contributed by atoms with E-state index in [9.17, 15) is 58.4 Å². The Balaban J connectivity index is 0.00000507. The summed E-state index contributed by atoms with van der Waals surface area (Å²) in [5, 5.41) is 58.4. The predicted molar refractivity (Wildman–Crippen MR) is 107 cm³/mol. The Morgan fingerprint density at radius 2 is 1.63 bits per heavy atom. The molecule has 3 rings (SSSR count). The fraction of sp³-hybridized carbons (Fsp3) is 0.733. The molecule has 38 heavy (non-hydrogen) atoms. The molecular formula is C15H22FN2NaO17P2. The van der Waals surface area contributed by atoms with E-state index in [0.29, 0.717) is 10.8 Å². The molecule has 2 fully saturated rings. The molecule has 0 radical (unpaired) electrons. The second kappa shape index (κ2) is 13.0. The van der Waals surface area contributed by atoms with Gasteiger partial charge in [0.15, 0.2) is 12.5 Å². The van der Waals surface area contributed by atoms with Crippen molar-refractivity contribution in [2.24, 2.45) is 0 Å². The van der Waals surface area contributed by atoms with E-state index in [4.69, 9.17) is 14.6 Å². The van der Waals surface area contributed by atoms with Crippen LogP contribution in [-0.4, -0.2) is 107 Å². The Kier molecular flexibility index (Phi) is 11.6. The number of hydrogen-bond donors (Lipinski definition) is 8. The van der Waals surface area contributed by atoms with Crippen molar-refractivity contribution < 1.29 is 106 Å². The van der Waals surface area contributed by atoms with Crippen molar-refractivity contribution in [2.75, 3.05) is 13.2 Å². The molecule has 11 unspecified atom stereocenters. The van der Waals surface area contributed by atoms with E-state index >= 15 is 0 Å². The van der Waals surface area contributed by atoms with Crippen LogP contribution >= 0.6 is 15.6 Å². The molecule has 0 spiro atoms. The summed E-state index contributed by atoms with van der Waals surface area (Å²) >= 11 is 0. The summed E-state index contributed by atoms with van der Waals surface area (Å²) < 4.78 is 60.5. The van der Waals surface area contributed by atoms with E-state index in [1.165, 1.54) is 0 Å². The first-order valence-electron chi connectivity index (χ1n) is 10.1. The van der Waals surface area contributed by atoms with Gasteiger partial charge in [-0.15, -0.1) is 0 Å². The number of H-pyrrole nitrogens is 1. The van der Waals surface area contributed by atoms with Gasteiger partial charge in [-0.2, -0.15) is 4.39 Å². The summed E-state index contributed by atoms with van der Waals surface area (Å²) in [4.78, 5) is 46.3. The monoisotopic (exact) mass is 606 g/mol. The van der Waals surface area contributed by atoms with Crippen LogP contribution in [0.2, 0.25) is 0 Å². The van der Waals surface area contributed by atoms with E-state index < -0.39 is 101 Å². The van der Waals surface area contributed by atoms with Crippen molar-refractivity contribution in [1.82, 2.24) is 9.55 Å². The van der Waals surface area contributed by atoms with Gasteiger partial charge in [0.1, 0.15) is 42.7 Å². The third-order valence-corrected chi connectivity index (χ3v) is 7.79. The second-order valence-electron chi connectivity index (χ2n) is 7.79. The Hall–Kier alpha value is -0.450. The molecule has 0 saturated carbocycles. The molecular weight excluding hydrogens is 584 g/mol. The maximum Gasteiger partial charge on any atom is 1.00 e. The van der Waals surface area contributed by atoms with Crippen LogP contribution in [-0.2, 0) is 32.0 Å². The van der Waals surface area contributed by atoms with Crippen LogP contribution in [0, 0.1) is 5.82 Å². The molecule has 0 amide bonds. The first kappa shape index (κ1) is 33.8. The van der Waals surface area contributed by atoms with Crippen molar-refractivity contribution in [3.05, 3.63) is 32.9 Å². The van der Waals surface area contributed by atoms with E-state index in [-0.39, 0.29) is 29.6 Å². The molecule has 0 aliphatic carbocycles. The number of nitrogens with zero attached hydrogens (tertiary/aromatic N) is 1. The molecule has 8 N–H and O–H groups in total. The van der Waals surface area contributed by atoms with Crippen LogP contribution in [0.15, 0.2) is 15.8 Å². The molecule has 0 aromatic carbocycles. The smallest absolute Gasteiger partial charge is 0.756 e. The van der Waals surface area contributed by atoms with E-state index in [0.717, 1.165) is 0 Å². The van der Waals surface area contributed by atoms with Crippen molar-refractivity contribution in [3.63, 3.8) is 0 Å². The van der Waals surface area contributed by atoms with E-state index in [2.05, 4.69) is 13.4 Å². The summed E-state index contributed by atoms with van der Waals surface area (Å²) in [7, 11) is -11.5. The van der Waals surface area contributed by atoms with Crippen LogP contribution in [0.3, 0.4) is 0 Å². The zero-order valence-corrected chi connectivity index (χ0v) is 22.9. The van der Waals surface area contributed by atoms with Gasteiger partial charge in [0, 0.05) is 0 Å². The van der Waals surface area contributed by atoms with Gasteiger partial charge < -0.3 is 54.4 Å². The third-order valence-electron chi connectivity index (χ3n) is 5.22. The minimum absolute atomic E-state index is 0. The van der Waals surface area contributed by atoms with E-state index in [1.54, 1.807) is 4.98 Å². The summed E-state index contributed by atoms with van der Waals surface area (Å²) in [6, 6.07) is 0. The Morgan fingerprint density at radius 3 is 2.24 bits per heavy atom. The van der Waals surface area contributed by atoms with Gasteiger partial charge in [0.25, 0.3) is 13.4 Å². The van der Waals surface area contributed by atoms with Gasteiger partial charge in [0.2, 0.25) is 5.82 Å². The fourth-order valence-corrected chi connectivity index (χ4v) is 5.49. The van der Waals surface area contributed by atoms with Crippen LogP contribution in [0.1, 0.15) is 6.23 Å². The summed E-state index contributed by atoms with van der Waals surface area (Å²) in [6.45, 7) is -2.12. The maximum atomic E-state index is 13.5. The Labute approximate surface area is 232 Å². The zero-order valence-electron chi connectivity index (χ0n) is 19.1. The van der Waals surface area contributed by atoms with Gasteiger partial charge in [0.05, 0.1) is 19.4 Å². The number of aliphatic hydroxyl groups is 6. The number of aliphatic hydroxyl groups excluding tert-OH is 6. The zero-order chi connectivity index (χ0) is 27.9. The molecule has 2 aliphatic heterocycles. The fourth-order valence-electron chi connectivity index (χ4n) is 3.37. The first-order chi connectivity index (χ1) is 17.1. The average Bonchev–Trinajstić information content (AvgIpc) is 3.08. The number of ether oxygens (including phenoxy) is 2. The number of nitrogens with one attached hydrogen (secondary N) is 1. The molecule has 1 aromatic rings. The van der Waals surface area contributed by atoms with Crippen LogP contribution in [0.4, 0.5) is 4.39 Å². The molecule has 212 valence electrons. The van der Waals surface area contributed by atoms with Crippen molar-refractivity contribution in [2.45, 2.75) is 55.2 Å². The van der Waals surface area contributed by atoms with Crippen LogP contribution in [0.5, 0.6) is 0 Å². The summed E-state index contributed by atoms with van der Waals surface area (Å²) in [6.07, 6.45) is -17.0. The van der Waals surface area contributed by atoms with Gasteiger partial charge in [-0.25, -0.2) is 13.7 Å². The van der Waals surface area contributed by atoms with Gasteiger partial charge >= 0.3 is 43.1 Å². The van der Waals surface area contributed by atoms with Gasteiger partial charge in [-0.3, -0.25) is 23.4 Å². The number of halogens is 1. The largest absolute Gasteiger partial charge is 1.00 e. The molecule has 2 saturated heterocycles. The minimum atomic E-state index is -5.80. The standard InChI is InChI=1S/C15H23FN2O17P2.Na/c16-4-1-18(15(26)17-12(4)25)13-10(23)8(21)6(32-13)3-31-36(27,28)35-37(29,30)34-14-11(24)9(22)7(20)5(2-19)33-14;/h1,5-11,13-14,19-24H,2-3H2,(H,27,28)(H,29,30)(H,17,25,26);/q;+1/p-1. The molecule has 1 aromatic heterocycles. The number of hydrogen-bond acceptors (Lipinski definition) is 16. The summed E-state index contributed by atoms with van der Waals surface area (Å²) in [5.41, 5.74) is -2.62. The number of phosphoric ester groups is 2. The van der Waals surface area contributed by atoms with E-state index in [1.807, 2.05) is 0 Å². The van der Waals surface area contributed by atoms with Crippen molar-refractivity contribution in [1.29, 1.82) is 0 Å². The van der Waals surface area contributed by atoms with Crippen molar-refractivity contribution >= 4 is 15.6 Å². The van der Waals surface area contributed by atoms with Crippen LogP contribution in [0.25, 0.3) is 0 Å². The van der Waals surface area contributed by atoms with Crippen molar-refractivity contribution in [3.8, 4) is 0 Å². The van der Waals surface area contributed by atoms with Gasteiger partial charge in [-0.05, 0) is 0 Å². The SMILES string of the molecule is O=c1[nH]c(=O)n(C2OC(COP(=O)([O-])OP(=O)(O)OC3OC(CO)C(O)C(O)C3O)C(O)C2O)cc1F.[Na+]. The molecule has 19 nitrogen and oxygen atoms in total. The quantitative estimate of drug-likeness (QED) is 0.0956. The topological polar surface area (TPSA) is 300 Å². The molecule has 3 heterocycles. The second-order valence-corrected chi connectivity index (χ2v) is 10.7. The average molecular weight is 606 g/mol. The minimum Gasteiger partial charge on any atom is -0.756 e. The summed E-state index contributed by atoms with van der Waals surface area (Å²) in [5.74, 6) is -1.44. The first-order valence-corrected chi connectivity index (χ1v) is 13.0. The molecule has 11 atom stereocenters. The molecule has 0 bridgehead atoms. The number of phosphoric acid groups is 2. The number of aromatic nitrogens is 2.